The van der Waals surface area contributed by atoms with Crippen molar-refractivity contribution >= 4 is 17.5 Å². The molecular formula is C6H10O3S. The van der Waals surface area contributed by atoms with Gasteiger partial charge in [0.1, 0.15) is 6.10 Å². The molecule has 1 aliphatic heterocycles. The van der Waals surface area contributed by atoms with Crippen LogP contribution >= 0.6 is 12.2 Å². The van der Waals surface area contributed by atoms with Crippen LogP contribution in [0.15, 0.2) is 0 Å². The van der Waals surface area contributed by atoms with Crippen molar-refractivity contribution in [3.05, 3.63) is 0 Å². The van der Waals surface area contributed by atoms with Crippen molar-refractivity contribution in [2.75, 3.05) is 6.61 Å². The van der Waals surface area contributed by atoms with Crippen molar-refractivity contribution in [3.63, 3.8) is 0 Å². The number of hydrogen-bond donors (Lipinski definition) is 1. The van der Waals surface area contributed by atoms with Crippen molar-refractivity contribution in [3.8, 4) is 0 Å². The zero-order chi connectivity index (χ0) is 7.56. The minimum Gasteiger partial charge on any atom is -0.450 e. The van der Waals surface area contributed by atoms with E-state index in [0.717, 1.165) is 6.42 Å². The summed E-state index contributed by atoms with van der Waals surface area (Å²) in [4.78, 5) is 0. The van der Waals surface area contributed by atoms with Crippen LogP contribution in [0.3, 0.4) is 0 Å². The Morgan fingerprint density at radius 1 is 1.50 bits per heavy atom. The molecule has 0 amide bonds. The highest BCUT2D eigenvalue weighted by Crippen LogP contribution is 2.17. The Morgan fingerprint density at radius 3 is 2.50 bits per heavy atom. The van der Waals surface area contributed by atoms with Crippen molar-refractivity contribution in [1.82, 2.24) is 0 Å². The molecule has 58 valence electrons. The summed E-state index contributed by atoms with van der Waals surface area (Å²) < 4.78 is 10.0. The van der Waals surface area contributed by atoms with Crippen molar-refractivity contribution < 1.29 is 14.6 Å². The molecule has 0 saturated carbocycles. The summed E-state index contributed by atoms with van der Waals surface area (Å²) in [7, 11) is 0. The van der Waals surface area contributed by atoms with Gasteiger partial charge in [-0.15, -0.1) is 0 Å². The van der Waals surface area contributed by atoms with Gasteiger partial charge in [-0.25, -0.2) is 0 Å². The molecule has 3 nitrogen and oxygen atoms in total. The van der Waals surface area contributed by atoms with Crippen molar-refractivity contribution in [2.45, 2.75) is 25.6 Å². The van der Waals surface area contributed by atoms with Gasteiger partial charge >= 0.3 is 5.24 Å². The Kier molecular flexibility index (Phi) is 2.45. The molecule has 10 heavy (non-hydrogen) atoms. The minimum absolute atomic E-state index is 0.0291. The normalized spacial score (nSPS) is 31.6. The second kappa shape index (κ2) is 3.16. The number of ether oxygens (including phenoxy) is 2. The highest BCUT2D eigenvalue weighted by atomic mass is 32.1. The Bertz CT molecular complexity index is 123. The molecule has 1 saturated heterocycles. The second-order valence-electron chi connectivity index (χ2n) is 2.15. The molecule has 1 N–H and O–H groups in total. The van der Waals surface area contributed by atoms with E-state index >= 15 is 0 Å². The van der Waals surface area contributed by atoms with Gasteiger partial charge in [0.25, 0.3) is 0 Å². The summed E-state index contributed by atoms with van der Waals surface area (Å²) in [5, 5.41) is 8.88. The van der Waals surface area contributed by atoms with Gasteiger partial charge in [-0.2, -0.15) is 0 Å². The molecule has 4 heteroatoms. The molecule has 2 unspecified atom stereocenters. The van der Waals surface area contributed by atoms with Gasteiger partial charge in [-0.05, 0) is 6.42 Å². The van der Waals surface area contributed by atoms with E-state index in [1.807, 2.05) is 6.92 Å². The predicted octanol–water partition coefficient (Wildman–Crippen LogP) is 0.458. The molecule has 0 radical (unpaired) electrons. The molecule has 0 bridgehead atoms. The Balaban J connectivity index is 2.48. The quantitative estimate of drug-likeness (QED) is 0.599. The van der Waals surface area contributed by atoms with Gasteiger partial charge in [-0.3, -0.25) is 0 Å². The first-order chi connectivity index (χ1) is 4.77. The van der Waals surface area contributed by atoms with Crippen LogP contribution in [0.4, 0.5) is 0 Å². The Labute approximate surface area is 64.9 Å². The average molecular weight is 162 g/mol. The van der Waals surface area contributed by atoms with E-state index in [1.54, 1.807) is 0 Å². The standard InChI is InChI=1S/C6H10O3S/c1-2-4-5(3-7)9-6(10)8-4/h4-5,7H,2-3H2,1H3. The number of aliphatic hydroxyl groups excluding tert-OH is 1. The molecular weight excluding hydrogens is 152 g/mol. The number of rotatable bonds is 2. The summed E-state index contributed by atoms with van der Waals surface area (Å²) in [5.74, 6) is 0. The zero-order valence-electron chi connectivity index (χ0n) is 5.74. The van der Waals surface area contributed by atoms with Gasteiger partial charge in [0.15, 0.2) is 6.10 Å². The minimum atomic E-state index is -0.252. The van der Waals surface area contributed by atoms with Crippen LogP contribution in [-0.4, -0.2) is 29.2 Å². The van der Waals surface area contributed by atoms with Crippen molar-refractivity contribution in [2.24, 2.45) is 0 Å². The maximum Gasteiger partial charge on any atom is 0.353 e. The summed E-state index contributed by atoms with van der Waals surface area (Å²) in [6, 6.07) is 0. The average Bonchev–Trinajstić information content (AvgIpc) is 2.30. The Hall–Kier alpha value is -0.350. The van der Waals surface area contributed by atoms with Crippen LogP contribution in [0.1, 0.15) is 13.3 Å². The molecule has 0 aromatic heterocycles. The van der Waals surface area contributed by atoms with E-state index in [0.29, 0.717) is 0 Å². The monoisotopic (exact) mass is 162 g/mol. The van der Waals surface area contributed by atoms with Gasteiger partial charge in [-0.1, -0.05) is 6.92 Å². The van der Waals surface area contributed by atoms with Crippen LogP contribution in [0.5, 0.6) is 0 Å². The third-order valence-electron chi connectivity index (χ3n) is 1.49. The van der Waals surface area contributed by atoms with Crippen LogP contribution in [0.25, 0.3) is 0 Å². The van der Waals surface area contributed by atoms with E-state index in [9.17, 15) is 0 Å². The molecule has 0 aliphatic carbocycles. The molecule has 0 spiro atoms. The molecule has 1 fully saturated rings. The third kappa shape index (κ3) is 1.38. The largest absolute Gasteiger partial charge is 0.450 e. The molecule has 0 aromatic rings. The number of aliphatic hydroxyl groups is 1. The lowest BCUT2D eigenvalue weighted by molar-refractivity contribution is 0.0867. The van der Waals surface area contributed by atoms with E-state index in [4.69, 9.17) is 14.6 Å². The van der Waals surface area contributed by atoms with Gasteiger partial charge in [0.2, 0.25) is 0 Å². The lowest BCUT2D eigenvalue weighted by Crippen LogP contribution is -2.25. The van der Waals surface area contributed by atoms with Gasteiger partial charge in [0, 0.05) is 12.2 Å². The molecule has 1 rings (SSSR count). The van der Waals surface area contributed by atoms with E-state index in [1.165, 1.54) is 0 Å². The molecule has 1 heterocycles. The van der Waals surface area contributed by atoms with E-state index in [2.05, 4.69) is 12.2 Å². The third-order valence-corrected chi connectivity index (χ3v) is 1.68. The summed E-state index contributed by atoms with van der Waals surface area (Å²) >= 11 is 4.65. The zero-order valence-corrected chi connectivity index (χ0v) is 6.56. The predicted molar refractivity (Wildman–Crippen MR) is 39.7 cm³/mol. The first-order valence-electron chi connectivity index (χ1n) is 3.26. The highest BCUT2D eigenvalue weighted by molar-refractivity contribution is 7.79. The first kappa shape index (κ1) is 7.75. The fourth-order valence-electron chi connectivity index (χ4n) is 0.928. The summed E-state index contributed by atoms with van der Waals surface area (Å²) in [6.07, 6.45) is 0.501. The molecule has 0 aromatic carbocycles. The molecule has 1 aliphatic rings. The lowest BCUT2D eigenvalue weighted by atomic mass is 10.2. The van der Waals surface area contributed by atoms with Gasteiger partial charge in [0.05, 0.1) is 6.61 Å². The Morgan fingerprint density at radius 2 is 2.10 bits per heavy atom. The molecule has 2 atom stereocenters. The highest BCUT2D eigenvalue weighted by Gasteiger charge is 2.31. The fourth-order valence-corrected chi connectivity index (χ4v) is 1.18. The van der Waals surface area contributed by atoms with Crippen LogP contribution in [0, 0.1) is 0 Å². The topological polar surface area (TPSA) is 38.7 Å². The summed E-state index contributed by atoms with van der Waals surface area (Å²) in [5.41, 5.74) is 0. The van der Waals surface area contributed by atoms with Gasteiger partial charge < -0.3 is 14.6 Å². The maximum atomic E-state index is 8.72. The van der Waals surface area contributed by atoms with E-state index in [-0.39, 0.29) is 24.1 Å². The van der Waals surface area contributed by atoms with E-state index < -0.39 is 0 Å². The number of hydrogen-bond acceptors (Lipinski definition) is 4. The van der Waals surface area contributed by atoms with Crippen LogP contribution in [0.2, 0.25) is 0 Å². The van der Waals surface area contributed by atoms with Crippen LogP contribution in [-0.2, 0) is 9.47 Å². The summed E-state index contributed by atoms with van der Waals surface area (Å²) in [6.45, 7) is 1.93. The fraction of sp³-hybridized carbons (Fsp3) is 0.833. The smallest absolute Gasteiger partial charge is 0.353 e. The maximum absolute atomic E-state index is 8.72. The number of thiocarbonyl (C=S) groups is 1. The lowest BCUT2D eigenvalue weighted by Gasteiger charge is -2.09. The van der Waals surface area contributed by atoms with Crippen molar-refractivity contribution in [1.29, 1.82) is 0 Å². The SMILES string of the molecule is CCC1OC(=S)OC1CO. The first-order valence-corrected chi connectivity index (χ1v) is 3.67. The second-order valence-corrected chi connectivity index (χ2v) is 2.49. The van der Waals surface area contributed by atoms with Crippen LogP contribution < -0.4 is 0 Å².